The van der Waals surface area contributed by atoms with Gasteiger partial charge < -0.3 is 15.5 Å². The first-order valence-corrected chi connectivity index (χ1v) is 8.92. The average molecular weight is 335 g/mol. The monoisotopic (exact) mass is 335 g/mol. The van der Waals surface area contributed by atoms with Crippen molar-refractivity contribution in [2.24, 2.45) is 10.9 Å². The average Bonchev–Trinajstić information content (AvgIpc) is 2.56. The summed E-state index contributed by atoms with van der Waals surface area (Å²) in [5.41, 5.74) is 0.698. The van der Waals surface area contributed by atoms with E-state index in [1.165, 1.54) is 0 Å². The van der Waals surface area contributed by atoms with E-state index >= 15 is 0 Å². The summed E-state index contributed by atoms with van der Waals surface area (Å²) in [7, 11) is 1.76. The largest absolute Gasteiger partial charge is 0.347 e. The van der Waals surface area contributed by atoms with Gasteiger partial charge in [-0.3, -0.25) is 14.8 Å². The van der Waals surface area contributed by atoms with Crippen molar-refractivity contribution in [2.45, 2.75) is 19.1 Å². The molecular formula is C16H25N5OS. The number of thioether (sulfide) groups is 1. The SMILES string of the molecule is CN=C(NCC(=O)Nc1cccnc1)N1CCSC(C(C)C)C1. The van der Waals surface area contributed by atoms with E-state index in [1.54, 1.807) is 25.5 Å². The second-order valence-corrected chi connectivity index (χ2v) is 7.14. The number of amides is 1. The summed E-state index contributed by atoms with van der Waals surface area (Å²) in [6.07, 6.45) is 3.30. The molecule has 0 bridgehead atoms. The van der Waals surface area contributed by atoms with Gasteiger partial charge in [0, 0.05) is 37.3 Å². The molecule has 23 heavy (non-hydrogen) atoms. The number of pyridine rings is 1. The molecule has 1 aliphatic rings. The highest BCUT2D eigenvalue weighted by molar-refractivity contribution is 8.00. The number of nitrogens with zero attached hydrogens (tertiary/aromatic N) is 3. The first-order chi connectivity index (χ1) is 11.1. The molecule has 6 nitrogen and oxygen atoms in total. The molecule has 1 saturated heterocycles. The van der Waals surface area contributed by atoms with Gasteiger partial charge in [0.15, 0.2) is 5.96 Å². The van der Waals surface area contributed by atoms with Gasteiger partial charge in [-0.15, -0.1) is 0 Å². The molecule has 1 unspecified atom stereocenters. The predicted octanol–water partition coefficient (Wildman–Crippen LogP) is 1.67. The van der Waals surface area contributed by atoms with Gasteiger partial charge >= 0.3 is 0 Å². The highest BCUT2D eigenvalue weighted by Crippen LogP contribution is 2.24. The van der Waals surface area contributed by atoms with Crippen LogP contribution in [0.5, 0.6) is 0 Å². The van der Waals surface area contributed by atoms with Crippen molar-refractivity contribution < 1.29 is 4.79 Å². The van der Waals surface area contributed by atoms with Crippen LogP contribution in [0.2, 0.25) is 0 Å². The summed E-state index contributed by atoms with van der Waals surface area (Å²) in [6.45, 7) is 6.61. The third-order valence-corrected chi connectivity index (χ3v) is 5.24. The lowest BCUT2D eigenvalue weighted by molar-refractivity contribution is -0.115. The minimum Gasteiger partial charge on any atom is -0.347 e. The quantitative estimate of drug-likeness (QED) is 0.647. The predicted molar refractivity (Wildman–Crippen MR) is 96.9 cm³/mol. The van der Waals surface area contributed by atoms with Crippen LogP contribution >= 0.6 is 11.8 Å². The normalized spacial score (nSPS) is 18.9. The molecule has 1 fully saturated rings. The number of rotatable bonds is 4. The molecule has 1 atom stereocenters. The maximum absolute atomic E-state index is 12.0. The number of hydrogen-bond donors (Lipinski definition) is 2. The third-order valence-electron chi connectivity index (χ3n) is 3.70. The molecule has 0 aliphatic carbocycles. The van der Waals surface area contributed by atoms with Crippen molar-refractivity contribution in [1.82, 2.24) is 15.2 Å². The van der Waals surface area contributed by atoms with Crippen LogP contribution in [0.15, 0.2) is 29.5 Å². The highest BCUT2D eigenvalue weighted by Gasteiger charge is 2.24. The molecule has 0 aromatic carbocycles. The van der Waals surface area contributed by atoms with Crippen LogP contribution in [-0.4, -0.2) is 59.4 Å². The Morgan fingerprint density at radius 1 is 1.57 bits per heavy atom. The summed E-state index contributed by atoms with van der Waals surface area (Å²) in [5, 5.41) is 6.57. The van der Waals surface area contributed by atoms with E-state index in [1.807, 2.05) is 17.8 Å². The van der Waals surface area contributed by atoms with Crippen molar-refractivity contribution in [1.29, 1.82) is 0 Å². The summed E-state index contributed by atoms with van der Waals surface area (Å²) in [4.78, 5) is 22.5. The lowest BCUT2D eigenvalue weighted by Crippen LogP contribution is -2.50. The van der Waals surface area contributed by atoms with Crippen molar-refractivity contribution in [3.63, 3.8) is 0 Å². The molecule has 2 rings (SSSR count). The van der Waals surface area contributed by atoms with Gasteiger partial charge in [-0.1, -0.05) is 13.8 Å². The van der Waals surface area contributed by atoms with Crippen molar-refractivity contribution in [3.05, 3.63) is 24.5 Å². The van der Waals surface area contributed by atoms with Gasteiger partial charge in [0.05, 0.1) is 18.4 Å². The topological polar surface area (TPSA) is 69.6 Å². The smallest absolute Gasteiger partial charge is 0.243 e. The minimum absolute atomic E-state index is 0.106. The number of nitrogens with one attached hydrogen (secondary N) is 2. The summed E-state index contributed by atoms with van der Waals surface area (Å²) >= 11 is 2.02. The van der Waals surface area contributed by atoms with Crippen LogP contribution < -0.4 is 10.6 Å². The molecule has 1 aromatic rings. The number of carbonyl (C=O) groups is 1. The Morgan fingerprint density at radius 2 is 2.39 bits per heavy atom. The molecule has 0 spiro atoms. The van der Waals surface area contributed by atoms with Crippen molar-refractivity contribution in [3.8, 4) is 0 Å². The Labute approximate surface area is 142 Å². The molecule has 7 heteroatoms. The highest BCUT2D eigenvalue weighted by atomic mass is 32.2. The maximum atomic E-state index is 12.0. The number of aliphatic imine (C=N–C) groups is 1. The Balaban J connectivity index is 1.84. The van der Waals surface area contributed by atoms with E-state index in [9.17, 15) is 4.79 Å². The Morgan fingerprint density at radius 3 is 3.04 bits per heavy atom. The molecule has 126 valence electrons. The lowest BCUT2D eigenvalue weighted by Gasteiger charge is -2.36. The van der Waals surface area contributed by atoms with Gasteiger partial charge in [0.1, 0.15) is 0 Å². The lowest BCUT2D eigenvalue weighted by atomic mass is 10.1. The fourth-order valence-corrected chi connectivity index (χ4v) is 3.70. The van der Waals surface area contributed by atoms with E-state index in [2.05, 4.69) is 39.4 Å². The standard InChI is InChI=1S/C16H25N5OS/c1-12(2)14-11-21(7-8-23-14)16(17-3)19-10-15(22)20-13-5-4-6-18-9-13/h4-6,9,12,14H,7-8,10-11H2,1-3H3,(H,17,19)(H,20,22). The third kappa shape index (κ3) is 5.42. The van der Waals surface area contributed by atoms with Crippen LogP contribution in [0.1, 0.15) is 13.8 Å². The summed E-state index contributed by atoms with van der Waals surface area (Å²) < 4.78 is 0. The van der Waals surface area contributed by atoms with E-state index in [4.69, 9.17) is 0 Å². The fraction of sp³-hybridized carbons (Fsp3) is 0.562. The summed E-state index contributed by atoms with van der Waals surface area (Å²) in [5.74, 6) is 2.41. The second-order valence-electron chi connectivity index (χ2n) is 5.79. The van der Waals surface area contributed by atoms with Gasteiger partial charge in [0.2, 0.25) is 5.91 Å². The van der Waals surface area contributed by atoms with Crippen LogP contribution in [0, 0.1) is 5.92 Å². The molecule has 2 N–H and O–H groups in total. The van der Waals surface area contributed by atoms with E-state index in [0.717, 1.165) is 24.8 Å². The number of anilines is 1. The van der Waals surface area contributed by atoms with Crippen LogP contribution in [-0.2, 0) is 4.79 Å². The first kappa shape index (κ1) is 17.6. The first-order valence-electron chi connectivity index (χ1n) is 7.87. The number of carbonyl (C=O) groups excluding carboxylic acids is 1. The van der Waals surface area contributed by atoms with Gasteiger partial charge in [0.25, 0.3) is 0 Å². The van der Waals surface area contributed by atoms with Crippen LogP contribution in [0.25, 0.3) is 0 Å². The van der Waals surface area contributed by atoms with Gasteiger partial charge in [-0.2, -0.15) is 11.8 Å². The number of guanidine groups is 1. The zero-order valence-corrected chi connectivity index (χ0v) is 14.8. The molecule has 1 aliphatic heterocycles. The molecular weight excluding hydrogens is 310 g/mol. The maximum Gasteiger partial charge on any atom is 0.243 e. The molecule has 1 amide bonds. The van der Waals surface area contributed by atoms with Crippen LogP contribution in [0.3, 0.4) is 0 Å². The second kappa shape index (κ2) is 8.76. The molecule has 0 radical (unpaired) electrons. The van der Waals surface area contributed by atoms with Crippen LogP contribution in [0.4, 0.5) is 5.69 Å². The van der Waals surface area contributed by atoms with E-state index in [-0.39, 0.29) is 12.5 Å². The van der Waals surface area contributed by atoms with Crippen molar-refractivity contribution in [2.75, 3.05) is 37.8 Å². The molecule has 2 heterocycles. The van der Waals surface area contributed by atoms with E-state index < -0.39 is 0 Å². The Hall–Kier alpha value is -1.76. The number of hydrogen-bond acceptors (Lipinski definition) is 4. The van der Waals surface area contributed by atoms with E-state index in [0.29, 0.717) is 16.9 Å². The van der Waals surface area contributed by atoms with Gasteiger partial charge in [-0.25, -0.2) is 0 Å². The molecule has 1 aromatic heterocycles. The van der Waals surface area contributed by atoms with Gasteiger partial charge in [-0.05, 0) is 18.1 Å². The Bertz CT molecular complexity index is 535. The fourth-order valence-electron chi connectivity index (χ4n) is 2.40. The minimum atomic E-state index is -0.106. The number of aromatic nitrogens is 1. The zero-order valence-electron chi connectivity index (χ0n) is 14.0. The zero-order chi connectivity index (χ0) is 16.7. The Kier molecular flexibility index (Phi) is 6.70. The molecule has 0 saturated carbocycles. The van der Waals surface area contributed by atoms with Crippen molar-refractivity contribution >= 4 is 29.3 Å². The summed E-state index contributed by atoms with van der Waals surface area (Å²) in [6, 6.07) is 3.61.